The number of aromatic nitrogens is 2. The summed E-state index contributed by atoms with van der Waals surface area (Å²) in [6.07, 6.45) is 0. The van der Waals surface area contributed by atoms with Gasteiger partial charge in [0.25, 0.3) is 10.0 Å². The highest BCUT2D eigenvalue weighted by atomic mass is 35.5. The second kappa shape index (κ2) is 11.3. The average Bonchev–Trinajstić information content (AvgIpc) is 2.95. The molecule has 1 fully saturated rings. The Bertz CT molecular complexity index is 1630. The van der Waals surface area contributed by atoms with Gasteiger partial charge in [-0.3, -0.25) is 4.72 Å². The molecule has 5 rings (SSSR count). The Labute approximate surface area is 230 Å². The summed E-state index contributed by atoms with van der Waals surface area (Å²) < 4.78 is 40.0. The summed E-state index contributed by atoms with van der Waals surface area (Å²) >= 11 is 6.37. The summed E-state index contributed by atoms with van der Waals surface area (Å²) in [6, 6.07) is 17.7. The van der Waals surface area contributed by atoms with Gasteiger partial charge in [-0.25, -0.2) is 23.2 Å². The quantitative estimate of drug-likeness (QED) is 0.292. The number of hydrogen-bond donors (Lipinski definition) is 3. The molecule has 4 aromatic rings. The van der Waals surface area contributed by atoms with Crippen LogP contribution in [0.5, 0.6) is 5.75 Å². The first kappa shape index (κ1) is 26.5. The van der Waals surface area contributed by atoms with Crippen LogP contribution in [0.3, 0.4) is 0 Å². The Morgan fingerprint density at radius 2 is 1.69 bits per heavy atom. The van der Waals surface area contributed by atoms with Crippen LogP contribution in [0.4, 0.5) is 27.8 Å². The third-order valence-corrected chi connectivity index (χ3v) is 7.59. The van der Waals surface area contributed by atoms with Crippen molar-refractivity contribution in [3.05, 3.63) is 71.8 Å². The van der Waals surface area contributed by atoms with E-state index in [2.05, 4.69) is 25.3 Å². The molecule has 39 heavy (non-hydrogen) atoms. The average molecular weight is 569 g/mol. The van der Waals surface area contributed by atoms with Crippen molar-refractivity contribution in [3.8, 4) is 5.75 Å². The van der Waals surface area contributed by atoms with Gasteiger partial charge in [-0.15, -0.1) is 0 Å². The van der Waals surface area contributed by atoms with E-state index in [0.29, 0.717) is 59.5 Å². The maximum Gasteiger partial charge on any atom is 0.322 e. The van der Waals surface area contributed by atoms with E-state index < -0.39 is 10.0 Å². The summed E-state index contributed by atoms with van der Waals surface area (Å²) in [6.45, 7) is 1.82. The zero-order valence-electron chi connectivity index (χ0n) is 20.8. The predicted molar refractivity (Wildman–Crippen MR) is 149 cm³/mol. The zero-order valence-corrected chi connectivity index (χ0v) is 22.4. The number of nitrogens with one attached hydrogen (secondary N) is 3. The first-order chi connectivity index (χ1) is 18.8. The number of methoxy groups -OCH3 is 1. The molecule has 0 unspecified atom stereocenters. The Morgan fingerprint density at radius 1 is 0.974 bits per heavy atom. The number of carbonyl (C=O) groups excluding carboxylic acids is 1. The molecule has 1 saturated heterocycles. The van der Waals surface area contributed by atoms with Crippen molar-refractivity contribution >= 4 is 61.7 Å². The number of nitrogens with zero attached hydrogens (tertiary/aromatic N) is 3. The Morgan fingerprint density at radius 3 is 2.41 bits per heavy atom. The molecule has 0 saturated carbocycles. The molecule has 2 heterocycles. The molecule has 2 amide bonds. The lowest BCUT2D eigenvalue weighted by atomic mass is 10.3. The maximum absolute atomic E-state index is 13.5. The van der Waals surface area contributed by atoms with Crippen molar-refractivity contribution in [3.63, 3.8) is 0 Å². The van der Waals surface area contributed by atoms with Gasteiger partial charge in [0.05, 0.1) is 47.0 Å². The minimum atomic E-state index is -4.14. The molecule has 0 spiro atoms. The second-order valence-electron chi connectivity index (χ2n) is 8.54. The first-order valence-electron chi connectivity index (χ1n) is 12.0. The lowest BCUT2D eigenvalue weighted by Crippen LogP contribution is -2.43. The van der Waals surface area contributed by atoms with Crippen LogP contribution in [0.2, 0.25) is 5.02 Å². The molecule has 202 valence electrons. The van der Waals surface area contributed by atoms with Gasteiger partial charge >= 0.3 is 6.03 Å². The number of urea groups is 1. The lowest BCUT2D eigenvalue weighted by molar-refractivity contribution is 0.0564. The van der Waals surface area contributed by atoms with Crippen molar-refractivity contribution < 1.29 is 22.7 Å². The second-order valence-corrected chi connectivity index (χ2v) is 10.6. The minimum Gasteiger partial charge on any atom is -0.497 e. The number of anilines is 4. The summed E-state index contributed by atoms with van der Waals surface area (Å²) in [4.78, 5) is 23.2. The van der Waals surface area contributed by atoms with Crippen molar-refractivity contribution in [2.45, 2.75) is 4.90 Å². The van der Waals surface area contributed by atoms with E-state index in [1.165, 1.54) is 19.2 Å². The van der Waals surface area contributed by atoms with E-state index in [1.54, 1.807) is 59.5 Å². The number of morpholine rings is 1. The molecule has 3 aromatic carbocycles. The molecule has 1 aliphatic heterocycles. The van der Waals surface area contributed by atoms with Crippen LogP contribution in [0, 0.1) is 0 Å². The van der Waals surface area contributed by atoms with E-state index in [9.17, 15) is 13.2 Å². The van der Waals surface area contributed by atoms with Crippen LogP contribution in [-0.4, -0.2) is 62.7 Å². The van der Waals surface area contributed by atoms with Crippen molar-refractivity contribution in [1.29, 1.82) is 0 Å². The van der Waals surface area contributed by atoms with E-state index in [4.69, 9.17) is 21.1 Å². The van der Waals surface area contributed by atoms with Gasteiger partial charge in [0, 0.05) is 24.8 Å². The van der Waals surface area contributed by atoms with Crippen LogP contribution in [0.25, 0.3) is 11.0 Å². The van der Waals surface area contributed by atoms with Gasteiger partial charge in [-0.05, 0) is 42.5 Å². The number of rotatable bonds is 7. The van der Waals surface area contributed by atoms with Gasteiger partial charge < -0.3 is 25.0 Å². The smallest absolute Gasteiger partial charge is 0.322 e. The fourth-order valence-corrected chi connectivity index (χ4v) is 5.13. The lowest BCUT2D eigenvalue weighted by Gasteiger charge is -2.27. The number of benzene rings is 3. The topological polar surface area (TPSA) is 135 Å². The summed E-state index contributed by atoms with van der Waals surface area (Å²) in [5, 5.41) is 6.19. The molecule has 1 aliphatic rings. The van der Waals surface area contributed by atoms with Gasteiger partial charge in [0.1, 0.15) is 5.75 Å². The van der Waals surface area contributed by atoms with Crippen LogP contribution < -0.4 is 20.1 Å². The molecule has 13 heteroatoms. The van der Waals surface area contributed by atoms with Crippen LogP contribution in [0.1, 0.15) is 0 Å². The first-order valence-corrected chi connectivity index (χ1v) is 13.8. The number of ether oxygens (including phenoxy) is 2. The monoisotopic (exact) mass is 568 g/mol. The van der Waals surface area contributed by atoms with E-state index in [-0.39, 0.29) is 22.6 Å². The van der Waals surface area contributed by atoms with Crippen LogP contribution in [-0.2, 0) is 14.8 Å². The summed E-state index contributed by atoms with van der Waals surface area (Å²) in [5.41, 5.74) is 1.83. The standard InChI is InChI=1S/C26H25ClN6O5S/c1-37-18-9-10-20(27)23(16-18)31-24-25(30-22-8-3-2-7-21(22)29-24)32-39(35,36)19-6-4-5-17(15-19)28-26(34)33-11-13-38-14-12-33/h2-10,15-16H,11-14H2,1H3,(H,28,34)(H,29,31)(H,30,32). The highest BCUT2D eigenvalue weighted by molar-refractivity contribution is 7.92. The third kappa shape index (κ3) is 6.14. The van der Waals surface area contributed by atoms with Gasteiger partial charge in [0.2, 0.25) is 0 Å². The van der Waals surface area contributed by atoms with Crippen molar-refractivity contribution in [1.82, 2.24) is 14.9 Å². The number of carbonyl (C=O) groups is 1. The molecule has 11 nitrogen and oxygen atoms in total. The zero-order chi connectivity index (χ0) is 27.4. The number of para-hydroxylation sites is 2. The highest BCUT2D eigenvalue weighted by Gasteiger charge is 2.22. The number of halogens is 1. The maximum atomic E-state index is 13.5. The molecule has 3 N–H and O–H groups in total. The van der Waals surface area contributed by atoms with Gasteiger partial charge in [0.15, 0.2) is 11.6 Å². The normalized spacial score (nSPS) is 13.6. The van der Waals surface area contributed by atoms with Gasteiger partial charge in [-0.2, -0.15) is 0 Å². The SMILES string of the molecule is COc1ccc(Cl)c(Nc2nc3ccccc3nc2NS(=O)(=O)c2cccc(NC(=O)N3CCOCC3)c2)c1. The highest BCUT2D eigenvalue weighted by Crippen LogP contribution is 2.33. The number of fused-ring (bicyclic) bond motifs is 1. The predicted octanol–water partition coefficient (Wildman–Crippen LogP) is 4.70. The Kier molecular flexibility index (Phi) is 7.68. The van der Waals surface area contributed by atoms with Crippen LogP contribution >= 0.6 is 11.6 Å². The fourth-order valence-electron chi connectivity index (χ4n) is 3.91. The summed E-state index contributed by atoms with van der Waals surface area (Å²) in [7, 11) is -2.61. The van der Waals surface area contributed by atoms with E-state index in [1.807, 2.05) is 0 Å². The Balaban J connectivity index is 1.45. The summed E-state index contributed by atoms with van der Waals surface area (Å²) in [5.74, 6) is 0.660. The number of sulfonamides is 1. The molecule has 0 atom stereocenters. The van der Waals surface area contributed by atoms with Gasteiger partial charge in [-0.1, -0.05) is 29.8 Å². The third-order valence-electron chi connectivity index (χ3n) is 5.92. The molecule has 0 radical (unpaired) electrons. The molecule has 1 aromatic heterocycles. The fraction of sp³-hybridized carbons (Fsp3) is 0.192. The van der Waals surface area contributed by atoms with E-state index in [0.717, 1.165) is 0 Å². The molecular formula is C26H25ClN6O5S. The Hall–Kier alpha value is -4.13. The molecular weight excluding hydrogens is 544 g/mol. The number of hydrogen-bond acceptors (Lipinski definition) is 8. The van der Waals surface area contributed by atoms with Crippen molar-refractivity contribution in [2.75, 3.05) is 48.8 Å². The molecule has 0 aliphatic carbocycles. The molecule has 0 bridgehead atoms. The number of amides is 2. The van der Waals surface area contributed by atoms with Crippen LogP contribution in [0.15, 0.2) is 71.6 Å². The van der Waals surface area contributed by atoms with Crippen molar-refractivity contribution in [2.24, 2.45) is 0 Å². The van der Waals surface area contributed by atoms with E-state index >= 15 is 0 Å². The minimum absolute atomic E-state index is 0.0321. The largest absolute Gasteiger partial charge is 0.497 e.